The Kier molecular flexibility index (Phi) is 3.58. The summed E-state index contributed by atoms with van der Waals surface area (Å²) in [6.45, 7) is 2.68. The van der Waals surface area contributed by atoms with Gasteiger partial charge in [-0.3, -0.25) is 0 Å². The van der Waals surface area contributed by atoms with E-state index < -0.39 is 0 Å². The van der Waals surface area contributed by atoms with Crippen LogP contribution in [-0.2, 0) is 0 Å². The standard InChI is InChI=1S/C20H21NO2S/c1-2-4-20-16(3-1)21(12-14-5-6-14)10-9-19(24-20)15-7-8-17-18(11-15)23-13-22-17/h1-4,7-8,11,14,19H,5-6,9-10,12-13H2/t19-/m1/s1. The Hall–Kier alpha value is -1.81. The molecule has 0 amide bonds. The van der Waals surface area contributed by atoms with Gasteiger partial charge in [0, 0.05) is 23.2 Å². The van der Waals surface area contributed by atoms with Crippen molar-refractivity contribution in [2.45, 2.75) is 29.4 Å². The number of benzene rings is 2. The van der Waals surface area contributed by atoms with Crippen molar-refractivity contribution >= 4 is 17.4 Å². The molecular formula is C20H21NO2S. The molecule has 0 N–H and O–H groups in total. The molecule has 4 heteroatoms. The van der Waals surface area contributed by atoms with Crippen LogP contribution in [0.1, 0.15) is 30.1 Å². The molecule has 1 fully saturated rings. The Labute approximate surface area is 147 Å². The highest BCUT2D eigenvalue weighted by Gasteiger charge is 2.29. The van der Waals surface area contributed by atoms with E-state index in [1.165, 1.54) is 35.5 Å². The van der Waals surface area contributed by atoms with Gasteiger partial charge in [0.15, 0.2) is 11.5 Å². The maximum Gasteiger partial charge on any atom is 0.231 e. The van der Waals surface area contributed by atoms with Gasteiger partial charge in [-0.25, -0.2) is 0 Å². The van der Waals surface area contributed by atoms with E-state index in [0.29, 0.717) is 12.0 Å². The summed E-state index contributed by atoms with van der Waals surface area (Å²) in [6.07, 6.45) is 3.96. The van der Waals surface area contributed by atoms with E-state index in [-0.39, 0.29) is 0 Å². The molecule has 0 bridgehead atoms. The number of nitrogens with zero attached hydrogens (tertiary/aromatic N) is 1. The Morgan fingerprint density at radius 1 is 1.00 bits per heavy atom. The highest BCUT2D eigenvalue weighted by Crippen LogP contribution is 2.47. The van der Waals surface area contributed by atoms with E-state index in [1.54, 1.807) is 0 Å². The molecule has 124 valence electrons. The zero-order chi connectivity index (χ0) is 15.9. The highest BCUT2D eigenvalue weighted by molar-refractivity contribution is 7.99. The van der Waals surface area contributed by atoms with Crippen LogP contribution in [0.2, 0.25) is 0 Å². The lowest BCUT2D eigenvalue weighted by Gasteiger charge is -2.24. The molecule has 3 aliphatic rings. The molecule has 0 aromatic heterocycles. The molecule has 2 aromatic carbocycles. The second-order valence-corrected chi connectivity index (χ2v) is 8.11. The van der Waals surface area contributed by atoms with Gasteiger partial charge in [-0.2, -0.15) is 0 Å². The number of ether oxygens (including phenoxy) is 2. The third-order valence-corrected chi connectivity index (χ3v) is 6.47. The smallest absolute Gasteiger partial charge is 0.231 e. The first-order valence-corrected chi connectivity index (χ1v) is 9.65. The average molecular weight is 339 g/mol. The summed E-state index contributed by atoms with van der Waals surface area (Å²) in [5.74, 6) is 2.67. The van der Waals surface area contributed by atoms with Crippen molar-refractivity contribution in [2.75, 3.05) is 24.8 Å². The van der Waals surface area contributed by atoms with Crippen molar-refractivity contribution in [3.05, 3.63) is 48.0 Å². The number of thioether (sulfide) groups is 1. The largest absolute Gasteiger partial charge is 0.454 e. The van der Waals surface area contributed by atoms with Gasteiger partial charge in [0.1, 0.15) is 0 Å². The van der Waals surface area contributed by atoms with Crippen LogP contribution in [0.5, 0.6) is 11.5 Å². The van der Waals surface area contributed by atoms with Crippen LogP contribution >= 0.6 is 11.8 Å². The third kappa shape index (κ3) is 2.73. The molecule has 0 saturated heterocycles. The summed E-state index contributed by atoms with van der Waals surface area (Å²) in [6, 6.07) is 15.3. The lowest BCUT2D eigenvalue weighted by atomic mass is 10.1. The van der Waals surface area contributed by atoms with Crippen LogP contribution in [-0.4, -0.2) is 19.9 Å². The monoisotopic (exact) mass is 339 g/mol. The Morgan fingerprint density at radius 2 is 1.88 bits per heavy atom. The molecule has 2 heterocycles. The summed E-state index contributed by atoms with van der Waals surface area (Å²) in [4.78, 5) is 4.01. The normalized spacial score (nSPS) is 22.2. The van der Waals surface area contributed by atoms with Crippen molar-refractivity contribution in [1.29, 1.82) is 0 Å². The molecule has 0 radical (unpaired) electrons. The fourth-order valence-electron chi connectivity index (χ4n) is 3.57. The predicted octanol–water partition coefficient (Wildman–Crippen LogP) is 4.87. The van der Waals surface area contributed by atoms with Gasteiger partial charge in [0.25, 0.3) is 0 Å². The minimum Gasteiger partial charge on any atom is -0.454 e. The zero-order valence-electron chi connectivity index (χ0n) is 13.6. The van der Waals surface area contributed by atoms with E-state index in [4.69, 9.17) is 9.47 Å². The molecule has 2 aromatic rings. The van der Waals surface area contributed by atoms with Crippen LogP contribution < -0.4 is 14.4 Å². The summed E-state index contributed by atoms with van der Waals surface area (Å²) < 4.78 is 11.0. The molecule has 5 rings (SSSR count). The van der Waals surface area contributed by atoms with Crippen LogP contribution in [0.4, 0.5) is 5.69 Å². The fourth-order valence-corrected chi connectivity index (χ4v) is 4.86. The SMILES string of the molecule is c1ccc2c(c1)S[C@@H](c1ccc3c(c1)OCO3)CCN2CC1CC1. The summed E-state index contributed by atoms with van der Waals surface area (Å²) in [5, 5.41) is 0.463. The molecule has 1 saturated carbocycles. The minimum atomic E-state index is 0.342. The minimum absolute atomic E-state index is 0.342. The van der Waals surface area contributed by atoms with E-state index in [2.05, 4.69) is 47.4 Å². The average Bonchev–Trinajstić information content (AvgIpc) is 3.34. The van der Waals surface area contributed by atoms with Crippen molar-refractivity contribution in [3.8, 4) is 11.5 Å². The molecule has 24 heavy (non-hydrogen) atoms. The maximum absolute atomic E-state index is 5.57. The van der Waals surface area contributed by atoms with Gasteiger partial charge in [-0.05, 0) is 55.0 Å². The number of hydrogen-bond donors (Lipinski definition) is 0. The van der Waals surface area contributed by atoms with Crippen LogP contribution in [0.15, 0.2) is 47.4 Å². The summed E-state index contributed by atoms with van der Waals surface area (Å²) in [5.41, 5.74) is 2.75. The van der Waals surface area contributed by atoms with Crippen molar-refractivity contribution in [2.24, 2.45) is 5.92 Å². The first kappa shape index (κ1) is 14.5. The van der Waals surface area contributed by atoms with Crippen molar-refractivity contribution < 1.29 is 9.47 Å². The first-order valence-electron chi connectivity index (χ1n) is 8.77. The number of para-hydroxylation sites is 1. The number of fused-ring (bicyclic) bond motifs is 2. The summed E-state index contributed by atoms with van der Waals surface area (Å²) >= 11 is 1.99. The predicted molar refractivity (Wildman–Crippen MR) is 97.2 cm³/mol. The second-order valence-electron chi connectivity index (χ2n) is 6.86. The van der Waals surface area contributed by atoms with E-state index >= 15 is 0 Å². The molecule has 1 atom stereocenters. The van der Waals surface area contributed by atoms with E-state index in [1.807, 2.05) is 11.8 Å². The fraction of sp³-hybridized carbons (Fsp3) is 0.400. The van der Waals surface area contributed by atoms with E-state index in [9.17, 15) is 0 Å². The molecule has 2 aliphatic heterocycles. The number of rotatable bonds is 3. The highest BCUT2D eigenvalue weighted by atomic mass is 32.2. The topological polar surface area (TPSA) is 21.7 Å². The van der Waals surface area contributed by atoms with Gasteiger partial charge in [0.2, 0.25) is 6.79 Å². The van der Waals surface area contributed by atoms with Crippen LogP contribution in [0, 0.1) is 5.92 Å². The zero-order valence-corrected chi connectivity index (χ0v) is 14.4. The lowest BCUT2D eigenvalue weighted by molar-refractivity contribution is 0.174. The number of anilines is 1. The van der Waals surface area contributed by atoms with Crippen LogP contribution in [0.25, 0.3) is 0 Å². The third-order valence-electron chi connectivity index (χ3n) is 5.08. The van der Waals surface area contributed by atoms with Gasteiger partial charge in [0.05, 0.1) is 5.69 Å². The van der Waals surface area contributed by atoms with Crippen molar-refractivity contribution in [3.63, 3.8) is 0 Å². The molecule has 0 spiro atoms. The Morgan fingerprint density at radius 3 is 2.79 bits per heavy atom. The molecule has 1 aliphatic carbocycles. The van der Waals surface area contributed by atoms with Gasteiger partial charge in [-0.1, -0.05) is 18.2 Å². The van der Waals surface area contributed by atoms with Crippen molar-refractivity contribution in [1.82, 2.24) is 0 Å². The van der Waals surface area contributed by atoms with Gasteiger partial charge >= 0.3 is 0 Å². The summed E-state index contributed by atoms with van der Waals surface area (Å²) in [7, 11) is 0. The lowest BCUT2D eigenvalue weighted by Crippen LogP contribution is -2.26. The Balaban J connectivity index is 1.45. The maximum atomic E-state index is 5.57. The molecule has 3 nitrogen and oxygen atoms in total. The van der Waals surface area contributed by atoms with E-state index in [0.717, 1.165) is 30.4 Å². The number of hydrogen-bond acceptors (Lipinski definition) is 4. The Bertz CT molecular complexity index is 759. The molecule has 0 unspecified atom stereocenters. The van der Waals surface area contributed by atoms with Crippen LogP contribution in [0.3, 0.4) is 0 Å². The van der Waals surface area contributed by atoms with Gasteiger partial charge in [-0.15, -0.1) is 11.8 Å². The second kappa shape index (κ2) is 5.92. The quantitative estimate of drug-likeness (QED) is 0.795. The van der Waals surface area contributed by atoms with Gasteiger partial charge < -0.3 is 14.4 Å². The first-order chi connectivity index (χ1) is 11.9. The molecular weight excluding hydrogens is 318 g/mol.